The maximum atomic E-state index is 12.1. The summed E-state index contributed by atoms with van der Waals surface area (Å²) < 4.78 is 0.839. The number of hydrogen-bond acceptors (Lipinski definition) is 2. The number of carbonyl (C=O) groups excluding carboxylic acids is 1. The Kier molecular flexibility index (Phi) is 3.94. The van der Waals surface area contributed by atoms with Crippen LogP contribution in [0, 0.1) is 5.92 Å². The number of nitrogens with zero attached hydrogens (tertiary/aromatic N) is 1. The third kappa shape index (κ3) is 2.52. The van der Waals surface area contributed by atoms with E-state index in [4.69, 9.17) is 0 Å². The first kappa shape index (κ1) is 14.1. The third-order valence-corrected chi connectivity index (χ3v) is 4.18. The number of hydrogen-bond donors (Lipinski definition) is 1. The van der Waals surface area contributed by atoms with E-state index in [0.717, 1.165) is 10.0 Å². The van der Waals surface area contributed by atoms with Crippen LogP contribution >= 0.6 is 15.9 Å². The Balaban J connectivity index is 2.50. The summed E-state index contributed by atoms with van der Waals surface area (Å²) in [6, 6.07) is 7.06. The fourth-order valence-corrected chi connectivity index (χ4v) is 3.19. The van der Waals surface area contributed by atoms with Gasteiger partial charge in [-0.2, -0.15) is 0 Å². The molecule has 1 amide bonds. The summed E-state index contributed by atoms with van der Waals surface area (Å²) in [5, 5.41) is 9.36. The highest BCUT2D eigenvalue weighted by atomic mass is 79.9. The lowest BCUT2D eigenvalue weighted by molar-refractivity contribution is -0.142. The van der Waals surface area contributed by atoms with Crippen molar-refractivity contribution in [3.8, 4) is 0 Å². The monoisotopic (exact) mass is 325 g/mol. The molecule has 0 radical (unpaired) electrons. The quantitative estimate of drug-likeness (QED) is 0.929. The van der Waals surface area contributed by atoms with E-state index in [1.807, 2.05) is 38.1 Å². The first-order chi connectivity index (χ1) is 8.93. The summed E-state index contributed by atoms with van der Waals surface area (Å²) in [5.74, 6) is -1.70. The summed E-state index contributed by atoms with van der Waals surface area (Å²) in [7, 11) is 0. The Morgan fingerprint density at radius 1 is 1.42 bits per heavy atom. The molecule has 1 aliphatic heterocycles. The lowest BCUT2D eigenvalue weighted by Crippen LogP contribution is -2.36. The fraction of sp³-hybridized carbons (Fsp3) is 0.429. The maximum absolute atomic E-state index is 12.1. The summed E-state index contributed by atoms with van der Waals surface area (Å²) in [6.07, 6.45) is 0.0690. The molecule has 102 valence electrons. The molecule has 1 N–H and O–H groups in total. The van der Waals surface area contributed by atoms with Crippen LogP contribution in [0.2, 0.25) is 0 Å². The number of rotatable bonds is 3. The summed E-state index contributed by atoms with van der Waals surface area (Å²) in [6.45, 7) is 3.82. The van der Waals surface area contributed by atoms with Gasteiger partial charge >= 0.3 is 5.97 Å². The number of carbonyl (C=O) groups is 2. The number of amides is 1. The van der Waals surface area contributed by atoms with Gasteiger partial charge in [0.15, 0.2) is 0 Å². The van der Waals surface area contributed by atoms with Gasteiger partial charge in [-0.1, -0.05) is 34.1 Å². The van der Waals surface area contributed by atoms with Crippen molar-refractivity contribution >= 4 is 27.8 Å². The number of carboxylic acid groups (broad SMARTS) is 1. The van der Waals surface area contributed by atoms with Crippen molar-refractivity contribution in [1.82, 2.24) is 4.90 Å². The number of aliphatic carboxylic acids is 1. The molecule has 0 spiro atoms. The zero-order valence-electron chi connectivity index (χ0n) is 10.8. The van der Waals surface area contributed by atoms with E-state index in [1.165, 1.54) is 0 Å². The van der Waals surface area contributed by atoms with Crippen LogP contribution in [0.1, 0.15) is 31.9 Å². The predicted molar refractivity (Wildman–Crippen MR) is 74.6 cm³/mol. The molecule has 1 aromatic rings. The smallest absolute Gasteiger partial charge is 0.309 e. The Morgan fingerprint density at radius 2 is 2.05 bits per heavy atom. The van der Waals surface area contributed by atoms with E-state index in [-0.39, 0.29) is 18.4 Å². The molecule has 1 aliphatic rings. The average molecular weight is 326 g/mol. The molecule has 0 saturated carbocycles. The Morgan fingerprint density at radius 3 is 2.58 bits per heavy atom. The zero-order chi connectivity index (χ0) is 14.2. The Labute approximate surface area is 120 Å². The largest absolute Gasteiger partial charge is 0.481 e. The third-order valence-electron chi connectivity index (χ3n) is 3.46. The van der Waals surface area contributed by atoms with Gasteiger partial charge < -0.3 is 10.0 Å². The number of carboxylic acids is 1. The molecule has 19 heavy (non-hydrogen) atoms. The molecule has 1 aromatic carbocycles. The summed E-state index contributed by atoms with van der Waals surface area (Å²) >= 11 is 3.45. The van der Waals surface area contributed by atoms with E-state index in [1.54, 1.807) is 4.90 Å². The van der Waals surface area contributed by atoms with Gasteiger partial charge in [0.25, 0.3) is 0 Å². The van der Waals surface area contributed by atoms with Gasteiger partial charge in [-0.05, 0) is 25.5 Å². The molecule has 1 saturated heterocycles. The van der Waals surface area contributed by atoms with Gasteiger partial charge in [-0.3, -0.25) is 9.59 Å². The zero-order valence-corrected chi connectivity index (χ0v) is 12.4. The minimum atomic E-state index is -0.919. The molecule has 2 rings (SSSR count). The second-order valence-corrected chi connectivity index (χ2v) is 5.86. The summed E-state index contributed by atoms with van der Waals surface area (Å²) in [4.78, 5) is 25.2. The highest BCUT2D eigenvalue weighted by Gasteiger charge is 2.46. The van der Waals surface area contributed by atoms with Crippen molar-refractivity contribution in [3.05, 3.63) is 34.3 Å². The van der Waals surface area contributed by atoms with Crippen LogP contribution in [0.3, 0.4) is 0 Å². The Bertz CT molecular complexity index is 515. The number of benzene rings is 1. The first-order valence-electron chi connectivity index (χ1n) is 6.22. The van der Waals surface area contributed by atoms with Crippen molar-refractivity contribution in [2.45, 2.75) is 32.4 Å². The SMILES string of the molecule is CC(C)N1C(=O)CC(C(=O)O)C1c1ccccc1Br. The highest BCUT2D eigenvalue weighted by molar-refractivity contribution is 9.10. The van der Waals surface area contributed by atoms with E-state index in [0.29, 0.717) is 0 Å². The molecule has 2 atom stereocenters. The maximum Gasteiger partial charge on any atom is 0.309 e. The van der Waals surface area contributed by atoms with Crippen LogP contribution in [0.5, 0.6) is 0 Å². The second-order valence-electron chi connectivity index (χ2n) is 5.01. The first-order valence-corrected chi connectivity index (χ1v) is 7.01. The molecule has 5 heteroatoms. The molecular weight excluding hydrogens is 310 g/mol. The van der Waals surface area contributed by atoms with E-state index in [2.05, 4.69) is 15.9 Å². The lowest BCUT2D eigenvalue weighted by Gasteiger charge is -2.31. The van der Waals surface area contributed by atoms with E-state index in [9.17, 15) is 14.7 Å². The van der Waals surface area contributed by atoms with Gasteiger partial charge in [-0.25, -0.2) is 0 Å². The minimum Gasteiger partial charge on any atom is -0.481 e. The van der Waals surface area contributed by atoms with E-state index >= 15 is 0 Å². The fourth-order valence-electron chi connectivity index (χ4n) is 2.67. The van der Waals surface area contributed by atoms with Crippen molar-refractivity contribution in [1.29, 1.82) is 0 Å². The molecule has 4 nitrogen and oxygen atoms in total. The highest BCUT2D eigenvalue weighted by Crippen LogP contribution is 2.42. The normalized spacial score (nSPS) is 23.2. The molecule has 1 heterocycles. The van der Waals surface area contributed by atoms with Crippen LogP contribution in [0.25, 0.3) is 0 Å². The molecule has 0 aromatic heterocycles. The number of likely N-dealkylation sites (tertiary alicyclic amines) is 1. The van der Waals surface area contributed by atoms with Crippen LogP contribution < -0.4 is 0 Å². The van der Waals surface area contributed by atoms with Crippen LogP contribution in [0.15, 0.2) is 28.7 Å². The van der Waals surface area contributed by atoms with Crippen molar-refractivity contribution in [2.75, 3.05) is 0 Å². The van der Waals surface area contributed by atoms with Gasteiger partial charge in [0, 0.05) is 16.9 Å². The second kappa shape index (κ2) is 5.33. The molecule has 0 aliphatic carbocycles. The van der Waals surface area contributed by atoms with Gasteiger partial charge in [0.2, 0.25) is 5.91 Å². The average Bonchev–Trinajstić information content (AvgIpc) is 2.67. The minimum absolute atomic E-state index is 0.0195. The van der Waals surface area contributed by atoms with Gasteiger partial charge in [0.1, 0.15) is 0 Å². The topological polar surface area (TPSA) is 57.6 Å². The standard InChI is InChI=1S/C14H16BrNO3/c1-8(2)16-12(17)7-10(14(18)19)13(16)9-5-3-4-6-11(9)15/h3-6,8,10,13H,7H2,1-2H3,(H,18,19). The van der Waals surface area contributed by atoms with Gasteiger partial charge in [-0.15, -0.1) is 0 Å². The lowest BCUT2D eigenvalue weighted by atomic mass is 9.93. The van der Waals surface area contributed by atoms with Crippen molar-refractivity contribution < 1.29 is 14.7 Å². The van der Waals surface area contributed by atoms with Gasteiger partial charge in [0.05, 0.1) is 12.0 Å². The predicted octanol–water partition coefficient (Wildman–Crippen LogP) is 2.83. The summed E-state index contributed by atoms with van der Waals surface area (Å²) in [5.41, 5.74) is 0.856. The van der Waals surface area contributed by atoms with Crippen LogP contribution in [0.4, 0.5) is 0 Å². The number of halogens is 1. The molecular formula is C14H16BrNO3. The molecule has 2 unspecified atom stereocenters. The molecule has 0 bridgehead atoms. The van der Waals surface area contributed by atoms with Crippen LogP contribution in [-0.2, 0) is 9.59 Å². The van der Waals surface area contributed by atoms with Crippen molar-refractivity contribution in [2.24, 2.45) is 5.92 Å². The van der Waals surface area contributed by atoms with Crippen molar-refractivity contribution in [3.63, 3.8) is 0 Å². The van der Waals surface area contributed by atoms with Crippen LogP contribution in [-0.4, -0.2) is 27.9 Å². The van der Waals surface area contributed by atoms with E-state index < -0.39 is 17.9 Å². The Hall–Kier alpha value is -1.36. The molecule has 1 fully saturated rings.